The van der Waals surface area contributed by atoms with Gasteiger partial charge in [0.05, 0.1) is 6.61 Å². The van der Waals surface area contributed by atoms with Crippen LogP contribution >= 0.6 is 11.6 Å². The van der Waals surface area contributed by atoms with Crippen molar-refractivity contribution in [3.63, 3.8) is 0 Å². The van der Waals surface area contributed by atoms with Crippen molar-refractivity contribution in [2.24, 2.45) is 5.41 Å². The number of benzene rings is 1. The fourth-order valence-corrected chi connectivity index (χ4v) is 3.80. The number of carboxylic acid groups (broad SMARTS) is 1. The molecule has 1 N–H and O–H groups in total. The number of ether oxygens (including phenoxy) is 1. The summed E-state index contributed by atoms with van der Waals surface area (Å²) < 4.78 is 5.99. The monoisotopic (exact) mass is 420 g/mol. The molecule has 0 fully saturated rings. The molecule has 1 aliphatic rings. The van der Waals surface area contributed by atoms with E-state index in [-0.39, 0.29) is 12.5 Å². The SMILES string of the molecule is Cc1ncc2c(c1CC(C)(C)[C@H](O[N+](=O)[O-])C(=O)O)CO[C@H]2c1ccc(Cl)cc1. The van der Waals surface area contributed by atoms with E-state index in [1.165, 1.54) is 0 Å². The van der Waals surface area contributed by atoms with Gasteiger partial charge in [-0.05, 0) is 42.2 Å². The Morgan fingerprint density at radius 2 is 2.10 bits per heavy atom. The largest absolute Gasteiger partial charge is 0.480 e. The molecule has 0 bridgehead atoms. The second kappa shape index (κ2) is 7.96. The highest BCUT2D eigenvalue weighted by Crippen LogP contribution is 2.40. The molecule has 0 amide bonds. The van der Waals surface area contributed by atoms with Crippen LogP contribution in [0.15, 0.2) is 30.5 Å². The summed E-state index contributed by atoms with van der Waals surface area (Å²) in [5.74, 6) is -1.39. The molecule has 0 radical (unpaired) electrons. The summed E-state index contributed by atoms with van der Waals surface area (Å²) in [6, 6.07) is 7.35. The Morgan fingerprint density at radius 3 is 2.69 bits per heavy atom. The van der Waals surface area contributed by atoms with Gasteiger partial charge in [-0.2, -0.15) is 0 Å². The zero-order valence-electron chi connectivity index (χ0n) is 16.2. The van der Waals surface area contributed by atoms with Gasteiger partial charge in [0.15, 0.2) is 0 Å². The van der Waals surface area contributed by atoms with Gasteiger partial charge in [-0.25, -0.2) is 4.79 Å². The second-order valence-corrected chi connectivity index (χ2v) is 8.15. The number of rotatable bonds is 7. The predicted molar refractivity (Wildman–Crippen MR) is 104 cm³/mol. The Kier molecular flexibility index (Phi) is 5.77. The summed E-state index contributed by atoms with van der Waals surface area (Å²) in [4.78, 5) is 31.3. The number of halogens is 1. The maximum atomic E-state index is 11.6. The molecule has 0 aliphatic carbocycles. The van der Waals surface area contributed by atoms with E-state index in [1.807, 2.05) is 19.1 Å². The molecule has 154 valence electrons. The number of aromatic nitrogens is 1. The van der Waals surface area contributed by atoms with Crippen molar-refractivity contribution in [2.75, 3.05) is 0 Å². The minimum atomic E-state index is -1.61. The average Bonchev–Trinajstić information content (AvgIpc) is 3.06. The van der Waals surface area contributed by atoms with Crippen molar-refractivity contribution in [1.29, 1.82) is 0 Å². The van der Waals surface area contributed by atoms with Gasteiger partial charge in [0.25, 0.3) is 5.09 Å². The third kappa shape index (κ3) is 4.33. The molecule has 29 heavy (non-hydrogen) atoms. The molecule has 0 unspecified atom stereocenters. The highest BCUT2D eigenvalue weighted by molar-refractivity contribution is 6.30. The smallest absolute Gasteiger partial charge is 0.333 e. The molecule has 8 nitrogen and oxygen atoms in total. The van der Waals surface area contributed by atoms with Crippen LogP contribution in [0.25, 0.3) is 0 Å². The zero-order chi connectivity index (χ0) is 21.3. The molecular weight excluding hydrogens is 400 g/mol. The number of hydrogen-bond acceptors (Lipinski definition) is 6. The number of aryl methyl sites for hydroxylation is 1. The van der Waals surface area contributed by atoms with Gasteiger partial charge < -0.3 is 9.84 Å². The molecule has 0 saturated carbocycles. The minimum Gasteiger partial charge on any atom is -0.480 e. The van der Waals surface area contributed by atoms with Crippen molar-refractivity contribution in [3.8, 4) is 0 Å². The van der Waals surface area contributed by atoms with Crippen LogP contribution < -0.4 is 0 Å². The predicted octanol–water partition coefficient (Wildman–Crippen LogP) is 3.89. The minimum absolute atomic E-state index is 0.233. The van der Waals surface area contributed by atoms with Crippen molar-refractivity contribution in [3.05, 3.63) is 73.5 Å². The fraction of sp³-hybridized carbons (Fsp3) is 0.400. The van der Waals surface area contributed by atoms with Crippen molar-refractivity contribution >= 4 is 17.6 Å². The summed E-state index contributed by atoms with van der Waals surface area (Å²) in [6.07, 6.45) is 0.0799. The average molecular weight is 421 g/mol. The highest BCUT2D eigenvalue weighted by Gasteiger charge is 2.40. The van der Waals surface area contributed by atoms with Crippen LogP contribution in [0, 0.1) is 22.5 Å². The van der Waals surface area contributed by atoms with Gasteiger partial charge in [-0.3, -0.25) is 9.82 Å². The molecule has 2 heterocycles. The number of fused-ring (bicyclic) bond motifs is 1. The lowest BCUT2D eigenvalue weighted by atomic mass is 9.78. The third-order valence-electron chi connectivity index (χ3n) is 5.15. The van der Waals surface area contributed by atoms with E-state index >= 15 is 0 Å². The molecule has 1 aromatic heterocycles. The third-order valence-corrected chi connectivity index (χ3v) is 5.41. The number of nitrogens with zero attached hydrogens (tertiary/aromatic N) is 2. The Labute approximate surface area is 172 Å². The van der Waals surface area contributed by atoms with Crippen molar-refractivity contribution < 1.29 is 24.6 Å². The van der Waals surface area contributed by atoms with Gasteiger partial charge in [0.1, 0.15) is 6.10 Å². The Morgan fingerprint density at radius 1 is 1.45 bits per heavy atom. The summed E-state index contributed by atoms with van der Waals surface area (Å²) in [6.45, 7) is 5.41. The maximum Gasteiger partial charge on any atom is 0.333 e. The van der Waals surface area contributed by atoms with Crippen LogP contribution in [-0.2, 0) is 27.4 Å². The number of carbonyl (C=O) groups is 1. The van der Waals surface area contributed by atoms with Gasteiger partial charge in [-0.1, -0.05) is 37.6 Å². The van der Waals surface area contributed by atoms with E-state index in [4.69, 9.17) is 16.3 Å². The van der Waals surface area contributed by atoms with E-state index in [9.17, 15) is 20.0 Å². The van der Waals surface area contributed by atoms with E-state index < -0.39 is 22.6 Å². The standard InChI is InChI=1S/C20H21ClN2O6/c1-11-14(8-20(2,3)18(19(24)25)29-23(26)27)16-10-28-17(15(16)9-22-11)12-4-6-13(21)7-5-12/h4-7,9,17-18H,8,10H2,1-3H3,(H,24,25)/t17-,18+/m0/s1. The number of aliphatic carboxylic acids is 1. The zero-order valence-corrected chi connectivity index (χ0v) is 17.0. The summed E-state index contributed by atoms with van der Waals surface area (Å²) >= 11 is 5.97. The van der Waals surface area contributed by atoms with Gasteiger partial charge >= 0.3 is 5.97 Å². The highest BCUT2D eigenvalue weighted by atomic mass is 35.5. The number of pyridine rings is 1. The molecule has 0 spiro atoms. The lowest BCUT2D eigenvalue weighted by Crippen LogP contribution is -2.42. The molecule has 2 atom stereocenters. The first kappa shape index (κ1) is 21.0. The van der Waals surface area contributed by atoms with Crippen LogP contribution in [0.1, 0.15) is 47.9 Å². The van der Waals surface area contributed by atoms with Crippen molar-refractivity contribution in [2.45, 2.75) is 46.0 Å². The molecule has 1 aliphatic heterocycles. The molecule has 1 aromatic carbocycles. The molecule has 0 saturated heterocycles. The fourth-order valence-electron chi connectivity index (χ4n) is 3.67. The summed E-state index contributed by atoms with van der Waals surface area (Å²) in [5, 5.41) is 19.8. The molecule has 2 aromatic rings. The second-order valence-electron chi connectivity index (χ2n) is 7.71. The Hall–Kier alpha value is -2.71. The molecule has 9 heteroatoms. The van der Waals surface area contributed by atoms with Gasteiger partial charge in [-0.15, -0.1) is 10.1 Å². The topological polar surface area (TPSA) is 112 Å². The normalized spacial score (nSPS) is 16.9. The molecule has 3 rings (SSSR count). The van der Waals surface area contributed by atoms with E-state index in [0.29, 0.717) is 11.6 Å². The quantitative estimate of drug-likeness (QED) is 0.534. The first-order valence-corrected chi connectivity index (χ1v) is 9.36. The van der Waals surface area contributed by atoms with Crippen LogP contribution in [-0.4, -0.2) is 27.3 Å². The van der Waals surface area contributed by atoms with Crippen molar-refractivity contribution in [1.82, 2.24) is 4.98 Å². The van der Waals surface area contributed by atoms with Gasteiger partial charge in [0.2, 0.25) is 6.10 Å². The van der Waals surface area contributed by atoms with Crippen LogP contribution in [0.5, 0.6) is 0 Å². The first-order valence-electron chi connectivity index (χ1n) is 8.98. The molecular formula is C20H21ClN2O6. The first-order chi connectivity index (χ1) is 13.6. The maximum absolute atomic E-state index is 11.6. The number of hydrogen-bond donors (Lipinski definition) is 1. The van der Waals surface area contributed by atoms with E-state index in [1.54, 1.807) is 32.2 Å². The lowest BCUT2D eigenvalue weighted by Gasteiger charge is -2.30. The summed E-state index contributed by atoms with van der Waals surface area (Å²) in [7, 11) is 0. The lowest BCUT2D eigenvalue weighted by molar-refractivity contribution is -0.768. The Bertz CT molecular complexity index is 945. The Balaban J connectivity index is 1.96. The van der Waals surface area contributed by atoms with Crippen LogP contribution in [0.3, 0.4) is 0 Å². The summed E-state index contributed by atoms with van der Waals surface area (Å²) in [5.41, 5.74) is 3.24. The van der Waals surface area contributed by atoms with Crippen LogP contribution in [0.2, 0.25) is 5.02 Å². The van der Waals surface area contributed by atoms with E-state index in [2.05, 4.69) is 9.82 Å². The van der Waals surface area contributed by atoms with Gasteiger partial charge in [0, 0.05) is 27.9 Å². The van der Waals surface area contributed by atoms with Crippen LogP contribution in [0.4, 0.5) is 0 Å². The van der Waals surface area contributed by atoms with E-state index in [0.717, 1.165) is 27.9 Å². The number of carboxylic acids is 1.